The van der Waals surface area contributed by atoms with E-state index < -0.39 is 4.92 Å². The van der Waals surface area contributed by atoms with Crippen molar-refractivity contribution in [3.05, 3.63) is 58.4 Å². The molecule has 0 aliphatic carbocycles. The predicted molar refractivity (Wildman–Crippen MR) is 76.6 cm³/mol. The molecule has 0 atom stereocenters. The molecular formula is C14H14FN3O2. The highest BCUT2D eigenvalue weighted by atomic mass is 19.1. The zero-order valence-electron chi connectivity index (χ0n) is 10.9. The highest BCUT2D eigenvalue weighted by Gasteiger charge is 2.14. The number of anilines is 3. The van der Waals surface area contributed by atoms with E-state index in [0.717, 1.165) is 0 Å². The molecule has 5 nitrogen and oxygen atoms in total. The van der Waals surface area contributed by atoms with Crippen LogP contribution in [0.3, 0.4) is 0 Å². The molecule has 2 aromatic rings. The van der Waals surface area contributed by atoms with Gasteiger partial charge in [0, 0.05) is 35.7 Å². The first-order chi connectivity index (χ1) is 9.51. The summed E-state index contributed by atoms with van der Waals surface area (Å²) in [5.74, 6) is -0.362. The second kappa shape index (κ2) is 5.56. The molecule has 0 spiro atoms. The van der Waals surface area contributed by atoms with Gasteiger partial charge in [0.1, 0.15) is 5.82 Å². The summed E-state index contributed by atoms with van der Waals surface area (Å²) >= 11 is 0. The largest absolute Gasteiger partial charge is 0.398 e. The topological polar surface area (TPSA) is 72.4 Å². The maximum absolute atomic E-state index is 13.3. The summed E-state index contributed by atoms with van der Waals surface area (Å²) in [6, 6.07) is 10.4. The van der Waals surface area contributed by atoms with Crippen LogP contribution in [0.5, 0.6) is 0 Å². The highest BCUT2D eigenvalue weighted by molar-refractivity contribution is 5.70. The van der Waals surface area contributed by atoms with Crippen molar-refractivity contribution in [2.45, 2.75) is 6.92 Å². The van der Waals surface area contributed by atoms with Gasteiger partial charge in [0.2, 0.25) is 0 Å². The van der Waals surface area contributed by atoms with E-state index in [1.54, 1.807) is 23.1 Å². The van der Waals surface area contributed by atoms with Crippen LogP contribution in [0, 0.1) is 15.9 Å². The van der Waals surface area contributed by atoms with Crippen molar-refractivity contribution in [1.82, 2.24) is 0 Å². The van der Waals surface area contributed by atoms with Crippen molar-refractivity contribution < 1.29 is 9.31 Å². The molecule has 2 aromatic carbocycles. The number of non-ortho nitro benzene ring substituents is 1. The third-order valence-corrected chi connectivity index (χ3v) is 2.88. The minimum atomic E-state index is -0.501. The number of hydrogen-bond donors (Lipinski definition) is 1. The van der Waals surface area contributed by atoms with Crippen molar-refractivity contribution in [3.8, 4) is 0 Å². The van der Waals surface area contributed by atoms with Crippen LogP contribution in [-0.4, -0.2) is 11.5 Å². The zero-order valence-corrected chi connectivity index (χ0v) is 10.9. The van der Waals surface area contributed by atoms with Crippen LogP contribution in [0.4, 0.5) is 27.1 Å². The monoisotopic (exact) mass is 275 g/mol. The Bertz CT molecular complexity index is 646. The first-order valence-electron chi connectivity index (χ1n) is 6.09. The van der Waals surface area contributed by atoms with Crippen molar-refractivity contribution in [3.63, 3.8) is 0 Å². The van der Waals surface area contributed by atoms with Gasteiger partial charge in [-0.3, -0.25) is 10.1 Å². The molecule has 0 saturated heterocycles. The van der Waals surface area contributed by atoms with Crippen LogP contribution in [0.15, 0.2) is 42.5 Å². The van der Waals surface area contributed by atoms with E-state index in [1.165, 1.54) is 24.3 Å². The van der Waals surface area contributed by atoms with Crippen LogP contribution in [-0.2, 0) is 0 Å². The predicted octanol–water partition coefficient (Wildman–Crippen LogP) is 3.47. The molecule has 0 fully saturated rings. The molecule has 20 heavy (non-hydrogen) atoms. The molecular weight excluding hydrogens is 261 g/mol. The Kier molecular flexibility index (Phi) is 3.84. The molecule has 0 radical (unpaired) electrons. The minimum absolute atomic E-state index is 0.0881. The summed E-state index contributed by atoms with van der Waals surface area (Å²) in [7, 11) is 0. The van der Waals surface area contributed by atoms with E-state index in [-0.39, 0.29) is 11.5 Å². The fourth-order valence-electron chi connectivity index (χ4n) is 2.04. The normalized spacial score (nSPS) is 10.3. The number of nitro groups is 1. The van der Waals surface area contributed by atoms with Crippen LogP contribution in [0.2, 0.25) is 0 Å². The average molecular weight is 275 g/mol. The summed E-state index contributed by atoms with van der Waals surface area (Å²) < 4.78 is 13.3. The van der Waals surface area contributed by atoms with Crippen molar-refractivity contribution in [2.24, 2.45) is 0 Å². The van der Waals surface area contributed by atoms with Gasteiger partial charge >= 0.3 is 0 Å². The second-order valence-corrected chi connectivity index (χ2v) is 4.26. The van der Waals surface area contributed by atoms with Crippen LogP contribution in [0.1, 0.15) is 6.92 Å². The van der Waals surface area contributed by atoms with E-state index in [4.69, 9.17) is 5.73 Å². The quantitative estimate of drug-likeness (QED) is 0.526. The molecule has 0 amide bonds. The van der Waals surface area contributed by atoms with Crippen LogP contribution < -0.4 is 10.6 Å². The number of nitro benzene ring substituents is 1. The Balaban J connectivity index is 2.49. The van der Waals surface area contributed by atoms with E-state index >= 15 is 0 Å². The lowest BCUT2D eigenvalue weighted by Crippen LogP contribution is -2.16. The molecule has 104 valence electrons. The van der Waals surface area contributed by atoms with E-state index in [2.05, 4.69) is 0 Å². The standard InChI is InChI=1S/C14H14FN3O2/c1-2-17(12-5-3-4-10(15)6-12)13-7-11(16)8-14(9-13)18(19)20/h3-9H,2,16H2,1H3. The van der Waals surface area contributed by atoms with Crippen molar-refractivity contribution >= 4 is 22.7 Å². The summed E-state index contributed by atoms with van der Waals surface area (Å²) in [4.78, 5) is 12.1. The SMILES string of the molecule is CCN(c1cccc(F)c1)c1cc(N)cc([N+](=O)[O-])c1. The molecule has 0 saturated carbocycles. The van der Waals surface area contributed by atoms with Gasteiger partial charge in [-0.15, -0.1) is 0 Å². The van der Waals surface area contributed by atoms with Gasteiger partial charge in [0.25, 0.3) is 5.69 Å². The van der Waals surface area contributed by atoms with Gasteiger partial charge in [-0.1, -0.05) is 6.07 Å². The second-order valence-electron chi connectivity index (χ2n) is 4.26. The van der Waals surface area contributed by atoms with Gasteiger partial charge in [-0.05, 0) is 31.2 Å². The van der Waals surface area contributed by atoms with Gasteiger partial charge in [-0.2, -0.15) is 0 Å². The fraction of sp³-hybridized carbons (Fsp3) is 0.143. The number of rotatable bonds is 4. The zero-order chi connectivity index (χ0) is 14.7. The van der Waals surface area contributed by atoms with Crippen molar-refractivity contribution in [1.29, 1.82) is 0 Å². The number of benzene rings is 2. The average Bonchev–Trinajstić information content (AvgIpc) is 2.39. The lowest BCUT2D eigenvalue weighted by molar-refractivity contribution is -0.384. The number of nitrogen functional groups attached to an aromatic ring is 1. The molecule has 0 aliphatic rings. The van der Waals surface area contributed by atoms with Gasteiger partial charge in [-0.25, -0.2) is 4.39 Å². The van der Waals surface area contributed by atoms with Gasteiger partial charge in [0.15, 0.2) is 0 Å². The number of halogens is 1. The molecule has 0 heterocycles. The highest BCUT2D eigenvalue weighted by Crippen LogP contribution is 2.30. The maximum atomic E-state index is 13.3. The summed E-state index contributed by atoms with van der Waals surface area (Å²) in [6.07, 6.45) is 0. The van der Waals surface area contributed by atoms with Crippen molar-refractivity contribution in [2.75, 3.05) is 17.2 Å². The summed E-state index contributed by atoms with van der Waals surface area (Å²) in [5, 5.41) is 10.9. The molecule has 2 N–H and O–H groups in total. The number of nitrogens with two attached hydrogens (primary N) is 1. The first kappa shape index (κ1) is 13.8. The third kappa shape index (κ3) is 2.85. The lowest BCUT2D eigenvalue weighted by Gasteiger charge is -2.23. The van der Waals surface area contributed by atoms with Gasteiger partial charge in [0.05, 0.1) is 4.92 Å². The molecule has 0 bridgehead atoms. The molecule has 0 aliphatic heterocycles. The van der Waals surface area contributed by atoms with Gasteiger partial charge < -0.3 is 10.6 Å². The van der Waals surface area contributed by atoms with Crippen LogP contribution in [0.25, 0.3) is 0 Å². The van der Waals surface area contributed by atoms with E-state index in [0.29, 0.717) is 23.6 Å². The first-order valence-corrected chi connectivity index (χ1v) is 6.09. The maximum Gasteiger partial charge on any atom is 0.273 e. The molecule has 6 heteroatoms. The van der Waals surface area contributed by atoms with E-state index in [9.17, 15) is 14.5 Å². The number of nitrogens with zero attached hydrogens (tertiary/aromatic N) is 2. The van der Waals surface area contributed by atoms with Crippen LogP contribution >= 0.6 is 0 Å². The molecule has 0 unspecified atom stereocenters. The Hall–Kier alpha value is -2.63. The Labute approximate surface area is 115 Å². The Morgan fingerprint density at radius 2 is 2.00 bits per heavy atom. The molecule has 0 aromatic heterocycles. The Morgan fingerprint density at radius 3 is 2.60 bits per heavy atom. The number of hydrogen-bond acceptors (Lipinski definition) is 4. The smallest absolute Gasteiger partial charge is 0.273 e. The molecule has 2 rings (SSSR count). The summed E-state index contributed by atoms with van der Waals surface area (Å²) in [6.45, 7) is 2.41. The Morgan fingerprint density at radius 1 is 1.25 bits per heavy atom. The lowest BCUT2D eigenvalue weighted by atomic mass is 10.2. The minimum Gasteiger partial charge on any atom is -0.398 e. The fourth-order valence-corrected chi connectivity index (χ4v) is 2.04. The van der Waals surface area contributed by atoms with E-state index in [1.807, 2.05) is 6.92 Å². The third-order valence-electron chi connectivity index (χ3n) is 2.88. The summed E-state index contributed by atoms with van der Waals surface area (Å²) in [5.41, 5.74) is 7.08.